The van der Waals surface area contributed by atoms with Crippen LogP contribution in [0.1, 0.15) is 18.9 Å². The van der Waals surface area contributed by atoms with Gasteiger partial charge in [0.1, 0.15) is 12.4 Å². The molecule has 18 heavy (non-hydrogen) atoms. The third-order valence-corrected chi connectivity index (χ3v) is 3.15. The molecule has 0 saturated carbocycles. The summed E-state index contributed by atoms with van der Waals surface area (Å²) in [5.41, 5.74) is 2.29. The zero-order valence-electron chi connectivity index (χ0n) is 10.2. The highest BCUT2D eigenvalue weighted by Crippen LogP contribution is 2.29. The first-order valence-electron chi connectivity index (χ1n) is 5.74. The maximum absolute atomic E-state index is 6.12. The Morgan fingerprint density at radius 1 is 1.44 bits per heavy atom. The highest BCUT2D eigenvalue weighted by atomic mass is 35.5. The van der Waals surface area contributed by atoms with E-state index in [4.69, 9.17) is 39.5 Å². The number of ether oxygens (including phenoxy) is 1. The Kier molecular flexibility index (Phi) is 7.52. The molecule has 0 aliphatic rings. The molecular weight excluding hydrogens is 293 g/mol. The smallest absolute Gasteiger partial charge is 0.142 e. The maximum atomic E-state index is 6.12. The van der Waals surface area contributed by atoms with Crippen LogP contribution in [-0.4, -0.2) is 13.2 Å². The summed E-state index contributed by atoms with van der Waals surface area (Å²) < 4.78 is 5.59. The largest absolute Gasteiger partial charge is 0.486 e. The summed E-state index contributed by atoms with van der Waals surface area (Å²) in [6, 6.07) is 5.66. The molecule has 1 aromatic rings. The third-order valence-electron chi connectivity index (χ3n) is 2.26. The van der Waals surface area contributed by atoms with E-state index in [9.17, 15) is 0 Å². The lowest BCUT2D eigenvalue weighted by Crippen LogP contribution is -2.15. The minimum atomic E-state index is 0.218. The second-order valence-corrected chi connectivity index (χ2v) is 4.86. The molecule has 1 N–H and O–H groups in total. The SMILES string of the molecule is CCCNCc1cccc(Cl)c1OC/C(Cl)=C/Cl. The van der Waals surface area contributed by atoms with E-state index in [1.807, 2.05) is 12.1 Å². The second-order valence-electron chi connectivity index (χ2n) is 3.75. The molecule has 2 nitrogen and oxygen atoms in total. The molecule has 1 aromatic carbocycles. The summed E-state index contributed by atoms with van der Waals surface area (Å²) >= 11 is 17.4. The molecule has 0 aliphatic heterocycles. The lowest BCUT2D eigenvalue weighted by Gasteiger charge is -2.13. The summed E-state index contributed by atoms with van der Waals surface area (Å²) in [6.07, 6.45) is 1.08. The van der Waals surface area contributed by atoms with E-state index in [2.05, 4.69) is 12.2 Å². The lowest BCUT2D eigenvalue weighted by molar-refractivity contribution is 0.354. The van der Waals surface area contributed by atoms with Crippen LogP contribution in [0, 0.1) is 0 Å². The van der Waals surface area contributed by atoms with Crippen molar-refractivity contribution in [3.8, 4) is 5.75 Å². The lowest BCUT2D eigenvalue weighted by atomic mass is 10.2. The molecular formula is C13H16Cl3NO. The molecule has 0 spiro atoms. The van der Waals surface area contributed by atoms with E-state index in [0.29, 0.717) is 22.3 Å². The van der Waals surface area contributed by atoms with E-state index < -0.39 is 0 Å². The van der Waals surface area contributed by atoms with Gasteiger partial charge in [0.15, 0.2) is 0 Å². The summed E-state index contributed by atoms with van der Waals surface area (Å²) in [6.45, 7) is 4.00. The van der Waals surface area contributed by atoms with Crippen LogP contribution in [0.15, 0.2) is 28.8 Å². The van der Waals surface area contributed by atoms with Gasteiger partial charge in [-0.1, -0.05) is 53.9 Å². The Hall–Kier alpha value is -0.410. The molecule has 0 atom stereocenters. The van der Waals surface area contributed by atoms with E-state index in [0.717, 1.165) is 18.5 Å². The average Bonchev–Trinajstić information content (AvgIpc) is 2.38. The molecule has 100 valence electrons. The second kappa shape index (κ2) is 8.65. The standard InChI is InChI=1S/C13H16Cl3NO/c1-2-6-17-8-10-4-3-5-12(16)13(10)18-9-11(15)7-14/h3-5,7,17H,2,6,8-9H2,1H3/b11-7-. The number of hydrogen-bond donors (Lipinski definition) is 1. The summed E-state index contributed by atoms with van der Waals surface area (Å²) in [5, 5.41) is 4.32. The van der Waals surface area contributed by atoms with Gasteiger partial charge in [-0.25, -0.2) is 0 Å². The van der Waals surface area contributed by atoms with Gasteiger partial charge in [0.2, 0.25) is 0 Å². The molecule has 0 unspecified atom stereocenters. The predicted octanol–water partition coefficient (Wildman–Crippen LogP) is 4.54. The van der Waals surface area contributed by atoms with Crippen molar-refractivity contribution in [1.82, 2.24) is 5.32 Å². The van der Waals surface area contributed by atoms with Crippen molar-refractivity contribution in [3.63, 3.8) is 0 Å². The first kappa shape index (κ1) is 15.6. The van der Waals surface area contributed by atoms with Crippen molar-refractivity contribution in [3.05, 3.63) is 39.4 Å². The third kappa shape index (κ3) is 5.07. The van der Waals surface area contributed by atoms with Crippen LogP contribution in [0.2, 0.25) is 5.02 Å². The van der Waals surface area contributed by atoms with Crippen LogP contribution in [-0.2, 0) is 6.54 Å². The predicted molar refractivity (Wildman–Crippen MR) is 78.7 cm³/mol. The Bertz CT molecular complexity index is 407. The minimum Gasteiger partial charge on any atom is -0.486 e. The van der Waals surface area contributed by atoms with Crippen molar-refractivity contribution in [2.45, 2.75) is 19.9 Å². The molecule has 5 heteroatoms. The van der Waals surface area contributed by atoms with Gasteiger partial charge in [-0.05, 0) is 19.0 Å². The number of halogens is 3. The van der Waals surface area contributed by atoms with Crippen LogP contribution in [0.4, 0.5) is 0 Å². The molecule has 0 heterocycles. The number of hydrogen-bond acceptors (Lipinski definition) is 2. The Morgan fingerprint density at radius 2 is 2.22 bits per heavy atom. The molecule has 0 amide bonds. The van der Waals surface area contributed by atoms with Crippen molar-refractivity contribution < 1.29 is 4.74 Å². The number of benzene rings is 1. The Balaban J connectivity index is 2.73. The normalized spacial score (nSPS) is 11.7. The van der Waals surface area contributed by atoms with Gasteiger partial charge in [-0.2, -0.15) is 0 Å². The van der Waals surface area contributed by atoms with Crippen LogP contribution in [0.3, 0.4) is 0 Å². The van der Waals surface area contributed by atoms with Gasteiger partial charge in [0.25, 0.3) is 0 Å². The average molecular weight is 309 g/mol. The van der Waals surface area contributed by atoms with Crippen molar-refractivity contribution in [2.75, 3.05) is 13.2 Å². The molecule has 0 radical (unpaired) electrons. The fourth-order valence-corrected chi connectivity index (χ4v) is 1.79. The summed E-state index contributed by atoms with van der Waals surface area (Å²) in [4.78, 5) is 0. The monoisotopic (exact) mass is 307 g/mol. The van der Waals surface area contributed by atoms with E-state index >= 15 is 0 Å². The van der Waals surface area contributed by atoms with Crippen LogP contribution in [0.25, 0.3) is 0 Å². The quantitative estimate of drug-likeness (QED) is 0.747. The summed E-state index contributed by atoms with van der Waals surface area (Å²) in [7, 11) is 0. The van der Waals surface area contributed by atoms with E-state index in [1.54, 1.807) is 6.07 Å². The fraction of sp³-hybridized carbons (Fsp3) is 0.385. The van der Waals surface area contributed by atoms with Gasteiger partial charge in [0, 0.05) is 17.6 Å². The Labute approximate surface area is 123 Å². The Morgan fingerprint density at radius 3 is 2.89 bits per heavy atom. The number of rotatable bonds is 7. The molecule has 0 aliphatic carbocycles. The summed E-state index contributed by atoms with van der Waals surface area (Å²) in [5.74, 6) is 0.652. The van der Waals surface area contributed by atoms with Gasteiger partial charge < -0.3 is 10.1 Å². The number of para-hydroxylation sites is 1. The highest BCUT2D eigenvalue weighted by Gasteiger charge is 2.08. The molecule has 0 aromatic heterocycles. The number of nitrogens with one attached hydrogen (secondary N) is 1. The van der Waals surface area contributed by atoms with Crippen LogP contribution >= 0.6 is 34.8 Å². The molecule has 1 rings (SSSR count). The van der Waals surface area contributed by atoms with Crippen molar-refractivity contribution in [1.29, 1.82) is 0 Å². The van der Waals surface area contributed by atoms with Gasteiger partial charge in [0.05, 0.1) is 10.1 Å². The van der Waals surface area contributed by atoms with Gasteiger partial charge in [-0.15, -0.1) is 0 Å². The van der Waals surface area contributed by atoms with Crippen LogP contribution < -0.4 is 10.1 Å². The van der Waals surface area contributed by atoms with Crippen molar-refractivity contribution in [2.24, 2.45) is 0 Å². The van der Waals surface area contributed by atoms with E-state index in [1.165, 1.54) is 5.54 Å². The molecule has 0 fully saturated rings. The fourth-order valence-electron chi connectivity index (χ4n) is 1.43. The van der Waals surface area contributed by atoms with E-state index in [-0.39, 0.29) is 6.61 Å². The van der Waals surface area contributed by atoms with Crippen LogP contribution in [0.5, 0.6) is 5.75 Å². The van der Waals surface area contributed by atoms with Gasteiger partial charge >= 0.3 is 0 Å². The topological polar surface area (TPSA) is 21.3 Å². The zero-order chi connectivity index (χ0) is 13.4. The molecule has 0 bridgehead atoms. The van der Waals surface area contributed by atoms with Gasteiger partial charge in [-0.3, -0.25) is 0 Å². The van der Waals surface area contributed by atoms with Crippen molar-refractivity contribution >= 4 is 34.8 Å². The zero-order valence-corrected chi connectivity index (χ0v) is 12.4. The minimum absolute atomic E-state index is 0.218. The highest BCUT2D eigenvalue weighted by molar-refractivity contribution is 6.36. The first-order valence-corrected chi connectivity index (χ1v) is 6.94. The first-order chi connectivity index (χ1) is 8.69. The maximum Gasteiger partial charge on any atom is 0.142 e. The molecule has 0 saturated heterocycles.